The highest BCUT2D eigenvalue weighted by molar-refractivity contribution is 6.32. The van der Waals surface area contributed by atoms with E-state index in [1.54, 1.807) is 36.5 Å². The molecule has 4 rings (SSSR count). The predicted molar refractivity (Wildman–Crippen MR) is 118 cm³/mol. The van der Waals surface area contributed by atoms with Gasteiger partial charge in [0, 0.05) is 29.6 Å². The molecule has 0 radical (unpaired) electrons. The number of rotatable bonds is 5. The zero-order chi connectivity index (χ0) is 22.0. The number of nitro benzene ring substituents is 1. The minimum Gasteiger partial charge on any atom is -0.434 e. The number of nitrogens with zero attached hydrogens (tertiary/aromatic N) is 3. The molecule has 31 heavy (non-hydrogen) atoms. The molecule has 2 aromatic heterocycles. The molecule has 0 saturated heterocycles. The summed E-state index contributed by atoms with van der Waals surface area (Å²) in [5.41, 5.74) is 3.43. The maximum Gasteiger partial charge on any atom is 0.288 e. The molecule has 9 heteroatoms. The Hall–Kier alpha value is -4.04. The molecule has 8 nitrogen and oxygen atoms in total. The van der Waals surface area contributed by atoms with Gasteiger partial charge in [0.25, 0.3) is 5.69 Å². The first-order valence-electron chi connectivity index (χ1n) is 9.17. The van der Waals surface area contributed by atoms with E-state index >= 15 is 0 Å². The summed E-state index contributed by atoms with van der Waals surface area (Å²) in [5.74, 6) is 0.0170. The number of halogens is 1. The van der Waals surface area contributed by atoms with E-state index in [1.807, 2.05) is 13.0 Å². The van der Waals surface area contributed by atoms with Crippen LogP contribution in [0.2, 0.25) is 5.02 Å². The van der Waals surface area contributed by atoms with Crippen molar-refractivity contribution in [3.8, 4) is 11.5 Å². The van der Waals surface area contributed by atoms with Gasteiger partial charge in [0.05, 0.1) is 4.92 Å². The fourth-order valence-electron chi connectivity index (χ4n) is 3.01. The van der Waals surface area contributed by atoms with Crippen LogP contribution in [0.5, 0.6) is 0 Å². The summed E-state index contributed by atoms with van der Waals surface area (Å²) in [6, 6.07) is 13.3. The second-order valence-electron chi connectivity index (χ2n) is 6.61. The summed E-state index contributed by atoms with van der Waals surface area (Å²) in [6.07, 6.45) is 4.41. The van der Waals surface area contributed by atoms with Crippen molar-refractivity contribution >= 4 is 46.2 Å². The van der Waals surface area contributed by atoms with E-state index in [9.17, 15) is 14.9 Å². The van der Waals surface area contributed by atoms with E-state index in [-0.39, 0.29) is 10.7 Å². The Morgan fingerprint density at radius 1 is 1.23 bits per heavy atom. The van der Waals surface area contributed by atoms with Crippen LogP contribution in [0.1, 0.15) is 11.1 Å². The molecular formula is C22H15ClN4O4. The molecule has 1 N–H and O–H groups in total. The number of anilines is 1. The summed E-state index contributed by atoms with van der Waals surface area (Å²) >= 11 is 5.81. The SMILES string of the molecule is Cc1c(NC(=O)C=Cc2ccc(Cl)c([N+](=O)[O-])c2)cccc1-c1nc2ncccc2o1. The van der Waals surface area contributed by atoms with Crippen LogP contribution in [0.25, 0.3) is 28.8 Å². The van der Waals surface area contributed by atoms with Gasteiger partial charge in [-0.05, 0) is 54.5 Å². The standard InChI is InChI=1S/C22H15ClN4O4/c1-13-15(22-26-21-19(31-22)6-3-11-24-21)4-2-5-17(13)25-20(28)10-8-14-7-9-16(23)18(12-14)27(29)30/h2-12H,1H3,(H,25,28). The molecule has 2 aromatic carbocycles. The number of nitrogens with one attached hydrogen (secondary N) is 1. The van der Waals surface area contributed by atoms with Crippen molar-refractivity contribution in [1.29, 1.82) is 0 Å². The number of amides is 1. The lowest BCUT2D eigenvalue weighted by Crippen LogP contribution is -2.09. The van der Waals surface area contributed by atoms with Crippen molar-refractivity contribution in [2.24, 2.45) is 0 Å². The highest BCUT2D eigenvalue weighted by atomic mass is 35.5. The summed E-state index contributed by atoms with van der Waals surface area (Å²) in [5, 5.41) is 13.8. The maximum absolute atomic E-state index is 12.4. The first kappa shape index (κ1) is 20.2. The Morgan fingerprint density at radius 2 is 2.06 bits per heavy atom. The summed E-state index contributed by atoms with van der Waals surface area (Å²) in [4.78, 5) is 31.4. The number of hydrogen-bond acceptors (Lipinski definition) is 6. The number of hydrogen-bond donors (Lipinski definition) is 1. The molecule has 1 amide bonds. The van der Waals surface area contributed by atoms with Crippen LogP contribution in [-0.4, -0.2) is 20.8 Å². The lowest BCUT2D eigenvalue weighted by Gasteiger charge is -2.09. The third-order valence-electron chi connectivity index (χ3n) is 4.58. The summed E-state index contributed by atoms with van der Waals surface area (Å²) in [7, 11) is 0. The Labute approximate surface area is 181 Å². The molecule has 2 heterocycles. The average molecular weight is 435 g/mol. The molecule has 0 aliphatic carbocycles. The third-order valence-corrected chi connectivity index (χ3v) is 4.90. The number of nitro groups is 1. The topological polar surface area (TPSA) is 111 Å². The molecule has 154 valence electrons. The van der Waals surface area contributed by atoms with Crippen molar-refractivity contribution in [3.05, 3.63) is 87.1 Å². The van der Waals surface area contributed by atoms with E-state index in [0.717, 1.165) is 11.1 Å². The number of aromatic nitrogens is 2. The normalized spacial score (nSPS) is 11.2. The lowest BCUT2D eigenvalue weighted by molar-refractivity contribution is -0.384. The van der Waals surface area contributed by atoms with Gasteiger partial charge in [-0.3, -0.25) is 14.9 Å². The second-order valence-corrected chi connectivity index (χ2v) is 7.02. The van der Waals surface area contributed by atoms with Gasteiger partial charge >= 0.3 is 0 Å². The van der Waals surface area contributed by atoms with Crippen molar-refractivity contribution in [2.45, 2.75) is 6.92 Å². The van der Waals surface area contributed by atoms with Crippen LogP contribution < -0.4 is 5.32 Å². The molecule has 0 fully saturated rings. The van der Waals surface area contributed by atoms with Crippen molar-refractivity contribution in [1.82, 2.24) is 9.97 Å². The number of benzene rings is 2. The van der Waals surface area contributed by atoms with Crippen molar-refractivity contribution < 1.29 is 14.1 Å². The molecule has 4 aromatic rings. The van der Waals surface area contributed by atoms with E-state index in [4.69, 9.17) is 16.0 Å². The van der Waals surface area contributed by atoms with Gasteiger partial charge in [0.2, 0.25) is 11.8 Å². The summed E-state index contributed by atoms with van der Waals surface area (Å²) < 4.78 is 5.77. The number of fused-ring (bicyclic) bond motifs is 1. The molecule has 0 aliphatic heterocycles. The van der Waals surface area contributed by atoms with E-state index in [0.29, 0.717) is 28.4 Å². The van der Waals surface area contributed by atoms with E-state index < -0.39 is 10.8 Å². The molecule has 0 saturated carbocycles. The van der Waals surface area contributed by atoms with Crippen LogP contribution >= 0.6 is 11.6 Å². The zero-order valence-corrected chi connectivity index (χ0v) is 17.0. The molecule has 0 spiro atoms. The van der Waals surface area contributed by atoms with Crippen molar-refractivity contribution in [3.63, 3.8) is 0 Å². The first-order valence-corrected chi connectivity index (χ1v) is 9.55. The third kappa shape index (κ3) is 4.29. The molecule has 0 bridgehead atoms. The van der Waals surface area contributed by atoms with Crippen LogP contribution in [0, 0.1) is 17.0 Å². The van der Waals surface area contributed by atoms with Crippen LogP contribution in [0.4, 0.5) is 11.4 Å². The lowest BCUT2D eigenvalue weighted by atomic mass is 10.1. The second kappa shape index (κ2) is 8.37. The zero-order valence-electron chi connectivity index (χ0n) is 16.2. The Kier molecular flexibility index (Phi) is 5.46. The first-order chi connectivity index (χ1) is 14.9. The van der Waals surface area contributed by atoms with E-state index in [1.165, 1.54) is 24.3 Å². The minimum atomic E-state index is -0.573. The summed E-state index contributed by atoms with van der Waals surface area (Å²) in [6.45, 7) is 1.85. The largest absolute Gasteiger partial charge is 0.434 e. The number of carbonyl (C=O) groups is 1. The number of oxazole rings is 1. The van der Waals surface area contributed by atoms with Gasteiger partial charge in [-0.2, -0.15) is 4.98 Å². The number of carbonyl (C=O) groups excluding carboxylic acids is 1. The highest BCUT2D eigenvalue weighted by Gasteiger charge is 2.14. The predicted octanol–water partition coefficient (Wildman–Crippen LogP) is 5.41. The van der Waals surface area contributed by atoms with Crippen molar-refractivity contribution in [2.75, 3.05) is 5.32 Å². The van der Waals surface area contributed by atoms with Gasteiger partial charge in [-0.1, -0.05) is 23.7 Å². The Morgan fingerprint density at radius 3 is 2.84 bits per heavy atom. The number of pyridine rings is 1. The molecular weight excluding hydrogens is 420 g/mol. The average Bonchev–Trinajstić information content (AvgIpc) is 3.18. The van der Waals surface area contributed by atoms with Gasteiger partial charge < -0.3 is 9.73 Å². The van der Waals surface area contributed by atoms with Crippen LogP contribution in [0.15, 0.2) is 65.2 Å². The van der Waals surface area contributed by atoms with Gasteiger partial charge in [-0.25, -0.2) is 4.98 Å². The van der Waals surface area contributed by atoms with Crippen LogP contribution in [-0.2, 0) is 4.79 Å². The van der Waals surface area contributed by atoms with E-state index in [2.05, 4.69) is 15.3 Å². The fraction of sp³-hybridized carbons (Fsp3) is 0.0455. The quantitative estimate of drug-likeness (QED) is 0.255. The smallest absolute Gasteiger partial charge is 0.288 e. The molecule has 0 atom stereocenters. The highest BCUT2D eigenvalue weighted by Crippen LogP contribution is 2.30. The van der Waals surface area contributed by atoms with Gasteiger partial charge in [-0.15, -0.1) is 0 Å². The Balaban J connectivity index is 1.55. The minimum absolute atomic E-state index is 0.0356. The monoisotopic (exact) mass is 434 g/mol. The maximum atomic E-state index is 12.4. The van der Waals surface area contributed by atoms with Gasteiger partial charge in [0.1, 0.15) is 5.02 Å². The molecule has 0 aliphatic rings. The van der Waals surface area contributed by atoms with Crippen LogP contribution in [0.3, 0.4) is 0 Å². The van der Waals surface area contributed by atoms with Gasteiger partial charge in [0.15, 0.2) is 11.2 Å². The molecule has 0 unspecified atom stereocenters. The Bertz CT molecular complexity index is 1310. The fourth-order valence-corrected chi connectivity index (χ4v) is 3.19.